The standard InChI is InChI=1S/C20H15FN4O2S/c21-18-8-5-15(6-9-18)20-17(12-22-24-20)13-23-25-28(26,27)19-10-7-14-3-1-2-4-16(14)11-19/h1-13,25H,(H,22,24)/b23-13+. The molecule has 0 aliphatic rings. The molecule has 0 spiro atoms. The molecule has 0 amide bonds. The van der Waals surface area contributed by atoms with E-state index in [0.29, 0.717) is 16.8 Å². The predicted molar refractivity (Wildman–Crippen MR) is 106 cm³/mol. The number of hydrazone groups is 1. The molecular weight excluding hydrogens is 379 g/mol. The topological polar surface area (TPSA) is 87.2 Å². The van der Waals surface area contributed by atoms with Crippen LogP contribution in [0.15, 0.2) is 82.9 Å². The van der Waals surface area contributed by atoms with Crippen molar-refractivity contribution < 1.29 is 12.8 Å². The van der Waals surface area contributed by atoms with Gasteiger partial charge in [-0.3, -0.25) is 5.10 Å². The van der Waals surface area contributed by atoms with E-state index in [2.05, 4.69) is 20.1 Å². The minimum absolute atomic E-state index is 0.120. The number of hydrogen-bond donors (Lipinski definition) is 2. The van der Waals surface area contributed by atoms with E-state index in [9.17, 15) is 12.8 Å². The lowest BCUT2D eigenvalue weighted by atomic mass is 10.1. The highest BCUT2D eigenvalue weighted by atomic mass is 32.2. The van der Waals surface area contributed by atoms with Gasteiger partial charge in [0.15, 0.2) is 0 Å². The average molecular weight is 394 g/mol. The molecule has 0 bridgehead atoms. The molecule has 3 aromatic carbocycles. The number of nitrogens with one attached hydrogen (secondary N) is 2. The van der Waals surface area contributed by atoms with Crippen molar-refractivity contribution in [3.8, 4) is 11.3 Å². The van der Waals surface area contributed by atoms with Gasteiger partial charge >= 0.3 is 0 Å². The summed E-state index contributed by atoms with van der Waals surface area (Å²) in [6.45, 7) is 0. The molecular formula is C20H15FN4O2S. The summed E-state index contributed by atoms with van der Waals surface area (Å²) in [4.78, 5) is 2.33. The van der Waals surface area contributed by atoms with Crippen LogP contribution in [-0.2, 0) is 10.0 Å². The summed E-state index contributed by atoms with van der Waals surface area (Å²) in [6, 6.07) is 18.2. The lowest BCUT2D eigenvalue weighted by Gasteiger charge is -2.05. The maximum atomic E-state index is 13.1. The maximum absolute atomic E-state index is 13.1. The van der Waals surface area contributed by atoms with Gasteiger partial charge in [-0.2, -0.15) is 18.6 Å². The van der Waals surface area contributed by atoms with E-state index in [-0.39, 0.29) is 10.7 Å². The first kappa shape index (κ1) is 17.9. The second-order valence-electron chi connectivity index (χ2n) is 6.07. The quantitative estimate of drug-likeness (QED) is 0.400. The van der Waals surface area contributed by atoms with E-state index in [0.717, 1.165) is 10.8 Å². The smallest absolute Gasteiger partial charge is 0.276 e. The van der Waals surface area contributed by atoms with Crippen LogP contribution in [0, 0.1) is 5.82 Å². The minimum atomic E-state index is -3.82. The fourth-order valence-corrected chi connectivity index (χ4v) is 3.62. The van der Waals surface area contributed by atoms with Crippen LogP contribution in [0.1, 0.15) is 5.56 Å². The zero-order chi connectivity index (χ0) is 19.6. The number of H-pyrrole nitrogens is 1. The Morgan fingerprint density at radius 2 is 1.75 bits per heavy atom. The monoisotopic (exact) mass is 394 g/mol. The van der Waals surface area contributed by atoms with Gasteiger partial charge in [0.25, 0.3) is 10.0 Å². The van der Waals surface area contributed by atoms with Gasteiger partial charge in [-0.1, -0.05) is 30.3 Å². The molecule has 0 saturated heterocycles. The Hall–Kier alpha value is -3.52. The molecule has 0 fully saturated rings. The SMILES string of the molecule is O=S(=O)(N/N=C/c1cn[nH]c1-c1ccc(F)cc1)c1ccc2ccccc2c1. The van der Waals surface area contributed by atoms with Gasteiger partial charge in [-0.15, -0.1) is 0 Å². The Kier molecular flexibility index (Phi) is 4.62. The van der Waals surface area contributed by atoms with Crippen molar-refractivity contribution in [2.45, 2.75) is 4.90 Å². The number of aromatic nitrogens is 2. The molecule has 0 radical (unpaired) electrons. The molecule has 0 saturated carbocycles. The first-order chi connectivity index (χ1) is 13.5. The van der Waals surface area contributed by atoms with Crippen LogP contribution in [-0.4, -0.2) is 24.8 Å². The molecule has 0 aliphatic heterocycles. The predicted octanol–water partition coefficient (Wildman–Crippen LogP) is 3.68. The second kappa shape index (κ2) is 7.24. The number of rotatable bonds is 5. The molecule has 4 aromatic rings. The summed E-state index contributed by atoms with van der Waals surface area (Å²) in [5.41, 5.74) is 1.87. The summed E-state index contributed by atoms with van der Waals surface area (Å²) >= 11 is 0. The van der Waals surface area contributed by atoms with Crippen molar-refractivity contribution in [3.05, 3.63) is 84.3 Å². The fraction of sp³-hybridized carbons (Fsp3) is 0. The lowest BCUT2D eigenvalue weighted by molar-refractivity contribution is 0.585. The molecule has 2 N–H and O–H groups in total. The highest BCUT2D eigenvalue weighted by Gasteiger charge is 2.13. The summed E-state index contributed by atoms with van der Waals surface area (Å²) in [5.74, 6) is -0.346. The Morgan fingerprint density at radius 1 is 1.00 bits per heavy atom. The fourth-order valence-electron chi connectivity index (χ4n) is 2.79. The molecule has 28 heavy (non-hydrogen) atoms. The van der Waals surface area contributed by atoms with Crippen molar-refractivity contribution >= 4 is 27.0 Å². The number of benzene rings is 3. The highest BCUT2D eigenvalue weighted by Crippen LogP contribution is 2.21. The van der Waals surface area contributed by atoms with E-state index in [1.165, 1.54) is 30.6 Å². The van der Waals surface area contributed by atoms with E-state index in [1.54, 1.807) is 24.3 Å². The van der Waals surface area contributed by atoms with Crippen LogP contribution in [0.4, 0.5) is 4.39 Å². The van der Waals surface area contributed by atoms with Gasteiger partial charge in [0, 0.05) is 11.1 Å². The Labute approximate surface area is 160 Å². The van der Waals surface area contributed by atoms with Gasteiger partial charge in [0.05, 0.1) is 23.0 Å². The van der Waals surface area contributed by atoms with Crippen LogP contribution in [0.3, 0.4) is 0 Å². The van der Waals surface area contributed by atoms with Crippen molar-refractivity contribution in [1.82, 2.24) is 15.0 Å². The van der Waals surface area contributed by atoms with Gasteiger partial charge in [-0.25, -0.2) is 9.22 Å². The second-order valence-corrected chi connectivity index (χ2v) is 7.73. The first-order valence-corrected chi connectivity index (χ1v) is 9.84. The number of hydrogen-bond acceptors (Lipinski definition) is 4. The third kappa shape index (κ3) is 3.63. The van der Waals surface area contributed by atoms with Crippen LogP contribution in [0.25, 0.3) is 22.0 Å². The number of sulfonamides is 1. The molecule has 0 atom stereocenters. The average Bonchev–Trinajstić information content (AvgIpc) is 3.16. The number of nitrogens with zero attached hydrogens (tertiary/aromatic N) is 2. The summed E-state index contributed by atoms with van der Waals surface area (Å²) < 4.78 is 38.1. The highest BCUT2D eigenvalue weighted by molar-refractivity contribution is 7.89. The molecule has 0 unspecified atom stereocenters. The van der Waals surface area contributed by atoms with Gasteiger partial charge in [0.1, 0.15) is 5.82 Å². The Morgan fingerprint density at radius 3 is 2.54 bits per heavy atom. The third-order valence-electron chi connectivity index (χ3n) is 4.21. The molecule has 6 nitrogen and oxygen atoms in total. The van der Waals surface area contributed by atoms with E-state index >= 15 is 0 Å². The third-order valence-corrected chi connectivity index (χ3v) is 5.43. The van der Waals surface area contributed by atoms with Crippen LogP contribution >= 0.6 is 0 Å². The number of fused-ring (bicyclic) bond motifs is 1. The Bertz CT molecular complexity index is 1260. The zero-order valence-electron chi connectivity index (χ0n) is 14.5. The molecule has 140 valence electrons. The van der Waals surface area contributed by atoms with E-state index < -0.39 is 10.0 Å². The zero-order valence-corrected chi connectivity index (χ0v) is 15.3. The maximum Gasteiger partial charge on any atom is 0.276 e. The summed E-state index contributed by atoms with van der Waals surface area (Å²) in [6.07, 6.45) is 2.85. The van der Waals surface area contributed by atoms with Crippen LogP contribution in [0.5, 0.6) is 0 Å². The lowest BCUT2D eigenvalue weighted by Crippen LogP contribution is -2.18. The normalized spacial score (nSPS) is 11.9. The minimum Gasteiger partial charge on any atom is -0.277 e. The summed E-state index contributed by atoms with van der Waals surface area (Å²) in [7, 11) is -3.82. The van der Waals surface area contributed by atoms with Crippen LogP contribution < -0.4 is 4.83 Å². The molecule has 1 heterocycles. The number of halogens is 1. The largest absolute Gasteiger partial charge is 0.277 e. The molecule has 0 aliphatic carbocycles. The van der Waals surface area contributed by atoms with E-state index in [4.69, 9.17) is 0 Å². The van der Waals surface area contributed by atoms with Crippen LogP contribution in [0.2, 0.25) is 0 Å². The summed E-state index contributed by atoms with van der Waals surface area (Å²) in [5, 5.41) is 12.4. The Balaban J connectivity index is 1.56. The first-order valence-electron chi connectivity index (χ1n) is 8.36. The van der Waals surface area contributed by atoms with Gasteiger partial charge < -0.3 is 0 Å². The molecule has 8 heteroatoms. The van der Waals surface area contributed by atoms with E-state index in [1.807, 2.05) is 24.3 Å². The van der Waals surface area contributed by atoms with Crippen molar-refractivity contribution in [2.75, 3.05) is 0 Å². The molecule has 4 rings (SSSR count). The van der Waals surface area contributed by atoms with Crippen molar-refractivity contribution in [3.63, 3.8) is 0 Å². The van der Waals surface area contributed by atoms with Crippen molar-refractivity contribution in [2.24, 2.45) is 5.10 Å². The molecule has 1 aromatic heterocycles. The number of aromatic amines is 1. The van der Waals surface area contributed by atoms with Gasteiger partial charge in [0.2, 0.25) is 0 Å². The van der Waals surface area contributed by atoms with Gasteiger partial charge in [-0.05, 0) is 47.2 Å². The van der Waals surface area contributed by atoms with Crippen molar-refractivity contribution in [1.29, 1.82) is 0 Å².